The molecule has 0 saturated carbocycles. The molecule has 7 nitrogen and oxygen atoms in total. The van der Waals surface area contributed by atoms with Crippen molar-refractivity contribution in [2.24, 2.45) is 0 Å². The number of fused-ring (bicyclic) bond motifs is 1. The Morgan fingerprint density at radius 2 is 1.81 bits per heavy atom. The van der Waals surface area contributed by atoms with Crippen molar-refractivity contribution < 1.29 is 9.53 Å². The highest BCUT2D eigenvalue weighted by Gasteiger charge is 2.31. The Bertz CT molecular complexity index is 956. The molecule has 1 aromatic carbocycles. The molecule has 0 radical (unpaired) electrons. The van der Waals surface area contributed by atoms with Gasteiger partial charge in [0.05, 0.1) is 5.52 Å². The molecule has 1 amide bonds. The van der Waals surface area contributed by atoms with Crippen LogP contribution in [0.5, 0.6) is 0 Å². The molecule has 8 heteroatoms. The predicted molar refractivity (Wildman–Crippen MR) is 132 cm³/mol. The highest BCUT2D eigenvalue weighted by molar-refractivity contribution is 9.10. The van der Waals surface area contributed by atoms with Crippen LogP contribution < -0.4 is 5.73 Å². The van der Waals surface area contributed by atoms with Crippen molar-refractivity contribution in [3.8, 4) is 0 Å². The number of anilines is 1. The van der Waals surface area contributed by atoms with E-state index in [0.29, 0.717) is 11.9 Å². The Hall–Kier alpha value is -1.90. The largest absolute Gasteiger partial charge is 0.444 e. The number of hydrogen-bond acceptors (Lipinski definition) is 6. The van der Waals surface area contributed by atoms with Gasteiger partial charge in [-0.2, -0.15) is 0 Å². The number of nitrogens with two attached hydrogens (primary N) is 1. The van der Waals surface area contributed by atoms with Crippen molar-refractivity contribution in [1.29, 1.82) is 0 Å². The molecule has 3 heterocycles. The third-order valence-electron chi connectivity index (χ3n) is 6.31. The van der Waals surface area contributed by atoms with Gasteiger partial charge in [-0.05, 0) is 57.4 Å². The summed E-state index contributed by atoms with van der Waals surface area (Å²) in [6.45, 7) is 12.4. The summed E-state index contributed by atoms with van der Waals surface area (Å²) in [7, 11) is 0. The first-order chi connectivity index (χ1) is 15.2. The van der Waals surface area contributed by atoms with Gasteiger partial charge in [-0.1, -0.05) is 22.0 Å². The molecule has 0 bridgehead atoms. The molecule has 32 heavy (non-hydrogen) atoms. The maximum atomic E-state index is 12.3. The highest BCUT2D eigenvalue weighted by atomic mass is 79.9. The van der Waals surface area contributed by atoms with E-state index in [1.54, 1.807) is 0 Å². The van der Waals surface area contributed by atoms with Gasteiger partial charge in [-0.25, -0.2) is 9.78 Å². The Morgan fingerprint density at radius 3 is 2.47 bits per heavy atom. The van der Waals surface area contributed by atoms with E-state index in [9.17, 15) is 4.79 Å². The molecule has 2 aliphatic heterocycles. The number of pyridine rings is 1. The van der Waals surface area contributed by atoms with E-state index in [4.69, 9.17) is 10.5 Å². The van der Waals surface area contributed by atoms with Crippen molar-refractivity contribution in [3.05, 3.63) is 34.3 Å². The number of hydrogen-bond donors (Lipinski definition) is 1. The van der Waals surface area contributed by atoms with Gasteiger partial charge in [-0.15, -0.1) is 0 Å². The number of carbonyl (C=O) groups is 1. The highest BCUT2D eigenvalue weighted by Crippen LogP contribution is 2.26. The maximum Gasteiger partial charge on any atom is 0.410 e. The monoisotopic (exact) mass is 503 g/mol. The Balaban J connectivity index is 1.29. The van der Waals surface area contributed by atoms with Crippen molar-refractivity contribution in [2.45, 2.75) is 51.8 Å². The number of ether oxygens (including phenoxy) is 1. The zero-order valence-corrected chi connectivity index (χ0v) is 20.9. The van der Waals surface area contributed by atoms with Gasteiger partial charge in [0.15, 0.2) is 0 Å². The van der Waals surface area contributed by atoms with Crippen LogP contribution >= 0.6 is 15.9 Å². The summed E-state index contributed by atoms with van der Waals surface area (Å²) in [5, 5.41) is 1.17. The molecule has 2 aromatic rings. The fourth-order valence-corrected chi connectivity index (χ4v) is 5.04. The average Bonchev–Trinajstić information content (AvgIpc) is 2.73. The molecule has 2 fully saturated rings. The smallest absolute Gasteiger partial charge is 0.410 e. The Kier molecular flexibility index (Phi) is 6.93. The van der Waals surface area contributed by atoms with Crippen molar-refractivity contribution in [2.75, 3.05) is 45.0 Å². The zero-order chi connectivity index (χ0) is 22.9. The van der Waals surface area contributed by atoms with Crippen molar-refractivity contribution in [3.63, 3.8) is 0 Å². The summed E-state index contributed by atoms with van der Waals surface area (Å²) in [5.74, 6) is 0.570. The lowest BCUT2D eigenvalue weighted by molar-refractivity contribution is 0.00970. The number of piperazine rings is 1. The number of piperidine rings is 1. The van der Waals surface area contributed by atoms with Gasteiger partial charge >= 0.3 is 6.09 Å². The minimum absolute atomic E-state index is 0.184. The van der Waals surface area contributed by atoms with Crippen LogP contribution in [0.4, 0.5) is 10.6 Å². The maximum absolute atomic E-state index is 12.3. The van der Waals surface area contributed by atoms with Crippen LogP contribution in [0.3, 0.4) is 0 Å². The van der Waals surface area contributed by atoms with E-state index in [1.165, 1.54) is 10.9 Å². The fraction of sp³-hybridized carbons (Fsp3) is 0.583. The first-order valence-electron chi connectivity index (χ1n) is 11.5. The van der Waals surface area contributed by atoms with Crippen LogP contribution in [-0.2, 0) is 11.3 Å². The molecule has 2 N–H and O–H groups in total. The quantitative estimate of drug-likeness (QED) is 0.679. The normalized spacial score (nSPS) is 19.4. The van der Waals surface area contributed by atoms with E-state index in [1.807, 2.05) is 37.8 Å². The van der Waals surface area contributed by atoms with Crippen LogP contribution in [0.15, 0.2) is 28.7 Å². The van der Waals surface area contributed by atoms with Crippen LogP contribution in [0, 0.1) is 0 Å². The number of aromatic nitrogens is 1. The van der Waals surface area contributed by atoms with Gasteiger partial charge in [0, 0.05) is 61.7 Å². The lowest BCUT2D eigenvalue weighted by atomic mass is 10.0. The van der Waals surface area contributed by atoms with E-state index in [2.05, 4.69) is 42.8 Å². The van der Waals surface area contributed by atoms with Gasteiger partial charge < -0.3 is 15.4 Å². The second-order valence-electron chi connectivity index (χ2n) is 9.88. The summed E-state index contributed by atoms with van der Waals surface area (Å²) >= 11 is 3.52. The molecule has 4 rings (SSSR count). The summed E-state index contributed by atoms with van der Waals surface area (Å²) in [4.78, 5) is 23.8. The number of amides is 1. The Morgan fingerprint density at radius 1 is 1.12 bits per heavy atom. The molecule has 2 saturated heterocycles. The molecule has 0 spiro atoms. The zero-order valence-electron chi connectivity index (χ0n) is 19.3. The minimum Gasteiger partial charge on any atom is -0.444 e. The number of halogens is 1. The lowest BCUT2D eigenvalue weighted by Gasteiger charge is -2.43. The first kappa shape index (κ1) is 23.3. The summed E-state index contributed by atoms with van der Waals surface area (Å²) in [6.07, 6.45) is 1.84. The molecule has 0 atom stereocenters. The lowest BCUT2D eigenvalue weighted by Crippen LogP contribution is -2.53. The molecule has 0 aliphatic carbocycles. The number of nitrogens with zero attached hydrogens (tertiary/aromatic N) is 4. The second-order valence-corrected chi connectivity index (χ2v) is 10.8. The third-order valence-corrected chi connectivity index (χ3v) is 6.80. The molecule has 174 valence electrons. The first-order valence-corrected chi connectivity index (χ1v) is 12.3. The standard InChI is InChI=1S/C24H34BrN5O2/c1-24(2,3)32-23(31)30-8-6-19(7-9-30)29-12-10-28(11-13-29)16-17-14-22(26)27-21-15-18(25)4-5-20(17)21/h4-5,14-15,19H,6-13,16H2,1-3H3,(H2,26,27). The number of benzene rings is 1. The Labute approximate surface area is 199 Å². The molecule has 0 unspecified atom stereocenters. The van der Waals surface area contributed by atoms with Crippen LogP contribution in [0.25, 0.3) is 10.9 Å². The predicted octanol–water partition coefficient (Wildman–Crippen LogP) is 4.10. The van der Waals surface area contributed by atoms with Crippen LogP contribution in [0.2, 0.25) is 0 Å². The van der Waals surface area contributed by atoms with Crippen LogP contribution in [0.1, 0.15) is 39.2 Å². The topological polar surface area (TPSA) is 74.9 Å². The van der Waals surface area contributed by atoms with E-state index in [0.717, 1.165) is 68.6 Å². The van der Waals surface area contributed by atoms with Gasteiger partial charge in [0.1, 0.15) is 11.4 Å². The van der Waals surface area contributed by atoms with Gasteiger partial charge in [0.2, 0.25) is 0 Å². The number of nitrogen functional groups attached to an aromatic ring is 1. The summed E-state index contributed by atoms with van der Waals surface area (Å²) in [6, 6.07) is 8.76. The van der Waals surface area contributed by atoms with E-state index >= 15 is 0 Å². The van der Waals surface area contributed by atoms with E-state index in [-0.39, 0.29) is 6.09 Å². The third kappa shape index (κ3) is 5.71. The average molecular weight is 504 g/mol. The summed E-state index contributed by atoms with van der Waals surface area (Å²) < 4.78 is 6.54. The van der Waals surface area contributed by atoms with Crippen LogP contribution in [-0.4, -0.2) is 76.7 Å². The minimum atomic E-state index is -0.439. The van der Waals surface area contributed by atoms with Gasteiger partial charge in [0.25, 0.3) is 0 Å². The molecule has 1 aromatic heterocycles. The van der Waals surface area contributed by atoms with Crippen molar-refractivity contribution in [1.82, 2.24) is 19.7 Å². The second kappa shape index (κ2) is 9.53. The number of carbonyl (C=O) groups excluding carboxylic acids is 1. The molecular formula is C24H34BrN5O2. The molecular weight excluding hydrogens is 470 g/mol. The number of rotatable bonds is 3. The fourth-order valence-electron chi connectivity index (χ4n) is 4.69. The van der Waals surface area contributed by atoms with E-state index < -0.39 is 5.60 Å². The SMILES string of the molecule is CC(C)(C)OC(=O)N1CCC(N2CCN(Cc3cc(N)nc4cc(Br)ccc34)CC2)CC1. The molecule has 2 aliphatic rings. The van der Waals surface area contributed by atoms with Gasteiger partial charge in [-0.3, -0.25) is 9.80 Å². The summed E-state index contributed by atoms with van der Waals surface area (Å²) in [5.41, 5.74) is 7.81. The van der Waals surface area contributed by atoms with Crippen molar-refractivity contribution >= 4 is 38.7 Å². The number of likely N-dealkylation sites (tertiary alicyclic amines) is 1.